The minimum Gasteiger partial charge on any atom is -0.453 e. The SMILES string of the molecule is COC(=O)Nc1ccc(CNC(=O)C2(S(=O)(=O)c3ccc(Cl)cc3)CCCC2)cc1. The Kier molecular flexibility index (Phi) is 6.67. The van der Waals surface area contributed by atoms with Gasteiger partial charge in [-0.2, -0.15) is 0 Å². The predicted octanol–water partition coefficient (Wildman–Crippen LogP) is 3.92. The van der Waals surface area contributed by atoms with E-state index in [9.17, 15) is 18.0 Å². The number of ether oxygens (including phenoxy) is 1. The van der Waals surface area contributed by atoms with Crippen LogP contribution in [0.4, 0.5) is 10.5 Å². The van der Waals surface area contributed by atoms with Gasteiger partial charge in [-0.05, 0) is 54.8 Å². The molecule has 0 aromatic heterocycles. The molecule has 2 N–H and O–H groups in total. The molecular weight excluding hydrogens is 428 g/mol. The number of sulfone groups is 1. The molecule has 0 saturated heterocycles. The van der Waals surface area contributed by atoms with Gasteiger partial charge in [0.25, 0.3) is 0 Å². The van der Waals surface area contributed by atoms with Gasteiger partial charge in [-0.3, -0.25) is 10.1 Å². The Morgan fingerprint density at radius 3 is 2.20 bits per heavy atom. The molecule has 7 nitrogen and oxygen atoms in total. The molecule has 9 heteroatoms. The van der Waals surface area contributed by atoms with Gasteiger partial charge in [-0.15, -0.1) is 0 Å². The maximum Gasteiger partial charge on any atom is 0.411 e. The fourth-order valence-corrected chi connectivity index (χ4v) is 5.84. The monoisotopic (exact) mass is 450 g/mol. The van der Waals surface area contributed by atoms with Crippen LogP contribution in [0.5, 0.6) is 0 Å². The standard InChI is InChI=1S/C21H23ClN2O5S/c1-29-20(26)24-17-8-4-15(5-9-17)14-23-19(25)21(12-2-3-13-21)30(27,28)18-10-6-16(22)7-11-18/h4-11H,2-3,12-14H2,1H3,(H,23,25)(H,24,26). The molecule has 1 aliphatic rings. The Balaban J connectivity index is 1.74. The number of rotatable bonds is 6. The molecule has 0 atom stereocenters. The summed E-state index contributed by atoms with van der Waals surface area (Å²) in [6.07, 6.45) is 1.34. The van der Waals surface area contributed by atoms with Crippen molar-refractivity contribution < 1.29 is 22.7 Å². The van der Waals surface area contributed by atoms with Crippen molar-refractivity contribution in [2.45, 2.75) is 41.9 Å². The van der Waals surface area contributed by atoms with E-state index in [4.69, 9.17) is 11.6 Å². The van der Waals surface area contributed by atoms with E-state index in [0.717, 1.165) is 5.56 Å². The molecule has 1 aliphatic carbocycles. The Labute approximate surface area is 180 Å². The first-order valence-corrected chi connectivity index (χ1v) is 11.4. The number of benzene rings is 2. The summed E-state index contributed by atoms with van der Waals surface area (Å²) in [4.78, 5) is 24.4. The van der Waals surface area contributed by atoms with E-state index >= 15 is 0 Å². The summed E-state index contributed by atoms with van der Waals surface area (Å²) in [6.45, 7) is 0.176. The molecule has 0 unspecified atom stereocenters. The van der Waals surface area contributed by atoms with Crippen molar-refractivity contribution in [1.82, 2.24) is 5.32 Å². The van der Waals surface area contributed by atoms with E-state index in [1.54, 1.807) is 24.3 Å². The highest BCUT2D eigenvalue weighted by Crippen LogP contribution is 2.41. The van der Waals surface area contributed by atoms with Crippen LogP contribution in [0.1, 0.15) is 31.2 Å². The summed E-state index contributed by atoms with van der Waals surface area (Å²) in [6, 6.07) is 12.7. The lowest BCUT2D eigenvalue weighted by Gasteiger charge is -2.27. The summed E-state index contributed by atoms with van der Waals surface area (Å²) in [5, 5.41) is 5.76. The Morgan fingerprint density at radius 2 is 1.63 bits per heavy atom. The van der Waals surface area contributed by atoms with Crippen LogP contribution in [0, 0.1) is 0 Å². The topological polar surface area (TPSA) is 102 Å². The third-order valence-electron chi connectivity index (χ3n) is 5.30. The molecule has 2 aromatic rings. The van der Waals surface area contributed by atoms with Crippen molar-refractivity contribution in [3.05, 3.63) is 59.1 Å². The van der Waals surface area contributed by atoms with E-state index in [1.165, 1.54) is 31.4 Å². The fourth-order valence-electron chi connectivity index (χ4n) is 3.62. The van der Waals surface area contributed by atoms with Gasteiger partial charge in [0.05, 0.1) is 12.0 Å². The van der Waals surface area contributed by atoms with Gasteiger partial charge in [-0.1, -0.05) is 36.6 Å². The third-order valence-corrected chi connectivity index (χ3v) is 8.07. The lowest BCUT2D eigenvalue weighted by molar-refractivity contribution is -0.123. The van der Waals surface area contributed by atoms with Gasteiger partial charge in [0.1, 0.15) is 0 Å². The summed E-state index contributed by atoms with van der Waals surface area (Å²) in [5.41, 5.74) is 1.32. The van der Waals surface area contributed by atoms with E-state index in [0.29, 0.717) is 23.6 Å². The fraction of sp³-hybridized carbons (Fsp3) is 0.333. The lowest BCUT2D eigenvalue weighted by Crippen LogP contribution is -2.50. The minimum atomic E-state index is -3.88. The summed E-state index contributed by atoms with van der Waals surface area (Å²) < 4.78 is 29.7. The van der Waals surface area contributed by atoms with Crippen LogP contribution >= 0.6 is 11.6 Å². The van der Waals surface area contributed by atoms with Gasteiger partial charge in [-0.25, -0.2) is 13.2 Å². The number of methoxy groups -OCH3 is 1. The molecule has 1 saturated carbocycles. The molecule has 0 heterocycles. The van der Waals surface area contributed by atoms with Gasteiger partial charge in [0, 0.05) is 17.3 Å². The maximum absolute atomic E-state index is 13.3. The molecule has 160 valence electrons. The summed E-state index contributed by atoms with van der Waals surface area (Å²) >= 11 is 5.88. The van der Waals surface area contributed by atoms with E-state index in [1.807, 2.05) is 0 Å². The van der Waals surface area contributed by atoms with E-state index < -0.39 is 26.6 Å². The molecule has 1 fully saturated rings. The Bertz CT molecular complexity index is 1010. The predicted molar refractivity (Wildman–Crippen MR) is 114 cm³/mol. The first-order chi connectivity index (χ1) is 14.3. The summed E-state index contributed by atoms with van der Waals surface area (Å²) in [7, 11) is -2.60. The third kappa shape index (κ3) is 4.44. The second-order valence-electron chi connectivity index (χ2n) is 7.15. The van der Waals surface area contributed by atoms with Crippen LogP contribution in [-0.4, -0.2) is 32.3 Å². The maximum atomic E-state index is 13.3. The first kappa shape index (κ1) is 22.1. The smallest absolute Gasteiger partial charge is 0.411 e. The van der Waals surface area contributed by atoms with Crippen molar-refractivity contribution in [1.29, 1.82) is 0 Å². The van der Waals surface area contributed by atoms with Gasteiger partial charge in [0.2, 0.25) is 5.91 Å². The van der Waals surface area contributed by atoms with E-state index in [-0.39, 0.29) is 24.3 Å². The average Bonchev–Trinajstić information content (AvgIpc) is 3.25. The van der Waals surface area contributed by atoms with Crippen LogP contribution < -0.4 is 10.6 Å². The second-order valence-corrected chi connectivity index (χ2v) is 9.85. The van der Waals surface area contributed by atoms with Crippen LogP contribution in [-0.2, 0) is 25.9 Å². The normalized spacial score (nSPS) is 15.4. The molecule has 0 radical (unpaired) electrons. The van der Waals surface area contributed by atoms with Crippen molar-refractivity contribution in [2.24, 2.45) is 0 Å². The Morgan fingerprint density at radius 1 is 1.03 bits per heavy atom. The molecular formula is C21H23ClN2O5S. The van der Waals surface area contributed by atoms with Crippen LogP contribution in [0.25, 0.3) is 0 Å². The zero-order valence-electron chi connectivity index (χ0n) is 16.5. The minimum absolute atomic E-state index is 0.0992. The van der Waals surface area contributed by atoms with Crippen LogP contribution in [0.15, 0.2) is 53.4 Å². The molecule has 30 heavy (non-hydrogen) atoms. The molecule has 0 bridgehead atoms. The molecule has 0 aliphatic heterocycles. The zero-order valence-corrected chi connectivity index (χ0v) is 18.1. The van der Waals surface area contributed by atoms with Crippen molar-refractivity contribution in [3.8, 4) is 0 Å². The number of anilines is 1. The largest absolute Gasteiger partial charge is 0.453 e. The van der Waals surface area contributed by atoms with Crippen molar-refractivity contribution in [2.75, 3.05) is 12.4 Å². The molecule has 2 amide bonds. The number of carbonyl (C=O) groups is 2. The number of amides is 2. The number of hydrogen-bond acceptors (Lipinski definition) is 5. The quantitative estimate of drug-likeness (QED) is 0.694. The highest BCUT2D eigenvalue weighted by atomic mass is 35.5. The highest BCUT2D eigenvalue weighted by molar-refractivity contribution is 7.93. The number of hydrogen-bond donors (Lipinski definition) is 2. The zero-order chi connectivity index (χ0) is 21.8. The van der Waals surface area contributed by atoms with Crippen molar-refractivity contribution >= 4 is 39.1 Å². The molecule has 2 aromatic carbocycles. The van der Waals surface area contributed by atoms with Gasteiger partial charge < -0.3 is 10.1 Å². The van der Waals surface area contributed by atoms with Gasteiger partial charge >= 0.3 is 6.09 Å². The van der Waals surface area contributed by atoms with Crippen LogP contribution in [0.3, 0.4) is 0 Å². The average molecular weight is 451 g/mol. The van der Waals surface area contributed by atoms with E-state index in [2.05, 4.69) is 15.4 Å². The lowest BCUT2D eigenvalue weighted by atomic mass is 10.1. The van der Waals surface area contributed by atoms with Crippen LogP contribution in [0.2, 0.25) is 5.02 Å². The van der Waals surface area contributed by atoms with Crippen molar-refractivity contribution in [3.63, 3.8) is 0 Å². The molecule has 3 rings (SSSR count). The summed E-state index contributed by atoms with van der Waals surface area (Å²) in [5.74, 6) is -0.494. The van der Waals surface area contributed by atoms with Gasteiger partial charge in [0.15, 0.2) is 14.6 Å². The molecule has 0 spiro atoms. The highest BCUT2D eigenvalue weighted by Gasteiger charge is 2.52. The second kappa shape index (κ2) is 9.06. The number of halogens is 1. The number of carbonyl (C=O) groups excluding carboxylic acids is 2. The first-order valence-electron chi connectivity index (χ1n) is 9.51. The Hall–Kier alpha value is -2.58. The number of nitrogens with one attached hydrogen (secondary N) is 2.